The van der Waals surface area contributed by atoms with Crippen molar-refractivity contribution in [2.75, 3.05) is 0 Å². The Labute approximate surface area is 91.1 Å². The van der Waals surface area contributed by atoms with E-state index < -0.39 is 0 Å². The number of fused-ring (bicyclic) bond motifs is 1. The van der Waals surface area contributed by atoms with Crippen LogP contribution in [-0.4, -0.2) is 0 Å². The Morgan fingerprint density at radius 2 is 2.14 bits per heavy atom. The molecule has 0 aromatic heterocycles. The average molecular weight is 208 g/mol. The molecule has 14 heavy (non-hydrogen) atoms. The van der Waals surface area contributed by atoms with Gasteiger partial charge in [0.25, 0.3) is 0 Å². The zero-order valence-electron chi connectivity index (χ0n) is 7.99. The van der Waals surface area contributed by atoms with E-state index in [2.05, 4.69) is 24.1 Å². The monoisotopic (exact) mass is 207 g/mol. The van der Waals surface area contributed by atoms with E-state index in [4.69, 9.17) is 12.2 Å². The van der Waals surface area contributed by atoms with Gasteiger partial charge in [0, 0.05) is 6.42 Å². The third-order valence-electron chi connectivity index (χ3n) is 2.81. The highest BCUT2D eigenvalue weighted by atomic mass is 35.5. The minimum Gasteiger partial charge on any atom is -0.321 e. The molecule has 1 aliphatic rings. The van der Waals surface area contributed by atoms with Crippen LogP contribution in [0.4, 0.5) is 0 Å². The third-order valence-corrected chi connectivity index (χ3v) is 2.81. The molecule has 1 aromatic rings. The number of halogens is 1. The summed E-state index contributed by atoms with van der Waals surface area (Å²) in [5, 5.41) is 0. The maximum atomic E-state index is 6.24. The number of nitrogens with two attached hydrogens (primary N) is 1. The molecule has 0 bridgehead atoms. The maximum Gasteiger partial charge on any atom is 0.0526 e. The largest absolute Gasteiger partial charge is 0.321 e. The van der Waals surface area contributed by atoms with E-state index in [9.17, 15) is 0 Å². The first-order chi connectivity index (χ1) is 6.26. The molecule has 2 heteroatoms. The fourth-order valence-corrected chi connectivity index (χ4v) is 2.08. The first kappa shape index (κ1) is 11.1. The summed E-state index contributed by atoms with van der Waals surface area (Å²) in [5.74, 6) is 2.67. The molecule has 1 aromatic carbocycles. The molecular formula is C12H14ClN. The molecule has 1 atom stereocenters. The fraction of sp³-hybridized carbons (Fsp3) is 0.333. The van der Waals surface area contributed by atoms with Crippen LogP contribution in [0, 0.1) is 12.3 Å². The van der Waals surface area contributed by atoms with Crippen molar-refractivity contribution < 1.29 is 0 Å². The summed E-state index contributed by atoms with van der Waals surface area (Å²) in [5.41, 5.74) is 8.58. The van der Waals surface area contributed by atoms with Gasteiger partial charge in [-0.3, -0.25) is 0 Å². The van der Waals surface area contributed by atoms with E-state index >= 15 is 0 Å². The number of hydrogen-bond acceptors (Lipinski definition) is 1. The van der Waals surface area contributed by atoms with Crippen molar-refractivity contribution in [3.63, 3.8) is 0 Å². The van der Waals surface area contributed by atoms with Gasteiger partial charge in [0.15, 0.2) is 0 Å². The molecule has 0 heterocycles. The predicted molar refractivity (Wildman–Crippen MR) is 61.3 cm³/mol. The van der Waals surface area contributed by atoms with Crippen LogP contribution in [-0.2, 0) is 12.0 Å². The SMILES string of the molecule is C#CC[C@]1(N)CCc2ccccc21.Cl. The summed E-state index contributed by atoms with van der Waals surface area (Å²) >= 11 is 0. The highest BCUT2D eigenvalue weighted by molar-refractivity contribution is 5.85. The summed E-state index contributed by atoms with van der Waals surface area (Å²) < 4.78 is 0. The summed E-state index contributed by atoms with van der Waals surface area (Å²) in [4.78, 5) is 0. The van der Waals surface area contributed by atoms with Gasteiger partial charge in [-0.2, -0.15) is 0 Å². The molecule has 0 fully saturated rings. The van der Waals surface area contributed by atoms with Gasteiger partial charge in [-0.15, -0.1) is 24.8 Å². The van der Waals surface area contributed by atoms with Gasteiger partial charge in [0.2, 0.25) is 0 Å². The molecule has 1 aliphatic carbocycles. The van der Waals surface area contributed by atoms with Gasteiger partial charge >= 0.3 is 0 Å². The molecule has 0 amide bonds. The first-order valence-corrected chi connectivity index (χ1v) is 4.57. The van der Waals surface area contributed by atoms with Crippen LogP contribution < -0.4 is 5.73 Å². The van der Waals surface area contributed by atoms with Crippen molar-refractivity contribution in [2.24, 2.45) is 5.73 Å². The normalized spacial score (nSPS) is 23.4. The van der Waals surface area contributed by atoms with E-state index in [-0.39, 0.29) is 17.9 Å². The minimum absolute atomic E-state index is 0. The molecule has 0 unspecified atom stereocenters. The Kier molecular flexibility index (Phi) is 3.21. The van der Waals surface area contributed by atoms with E-state index in [0.29, 0.717) is 6.42 Å². The molecule has 1 nitrogen and oxygen atoms in total. The second kappa shape index (κ2) is 4.04. The zero-order valence-corrected chi connectivity index (χ0v) is 8.81. The molecule has 2 rings (SSSR count). The van der Waals surface area contributed by atoms with Crippen LogP contribution in [0.5, 0.6) is 0 Å². The van der Waals surface area contributed by atoms with E-state index in [1.807, 2.05) is 6.07 Å². The second-order valence-corrected chi connectivity index (χ2v) is 3.69. The van der Waals surface area contributed by atoms with Crippen molar-refractivity contribution in [1.29, 1.82) is 0 Å². The molecule has 0 aliphatic heterocycles. The first-order valence-electron chi connectivity index (χ1n) is 4.57. The molecule has 0 saturated carbocycles. The highest BCUT2D eigenvalue weighted by Crippen LogP contribution is 2.36. The summed E-state index contributed by atoms with van der Waals surface area (Å²) in [6.07, 6.45) is 8.01. The fourth-order valence-electron chi connectivity index (χ4n) is 2.08. The van der Waals surface area contributed by atoms with Gasteiger partial charge in [-0.05, 0) is 24.0 Å². The smallest absolute Gasteiger partial charge is 0.0526 e. The third kappa shape index (κ3) is 1.64. The van der Waals surface area contributed by atoms with E-state index in [1.54, 1.807) is 0 Å². The lowest BCUT2D eigenvalue weighted by atomic mass is 9.90. The molecule has 0 saturated heterocycles. The van der Waals surface area contributed by atoms with Crippen molar-refractivity contribution >= 4 is 12.4 Å². The molecule has 74 valence electrons. The van der Waals surface area contributed by atoms with Crippen molar-refractivity contribution in [2.45, 2.75) is 24.8 Å². The van der Waals surface area contributed by atoms with Crippen LogP contribution in [0.25, 0.3) is 0 Å². The van der Waals surface area contributed by atoms with Gasteiger partial charge in [0.05, 0.1) is 5.54 Å². The summed E-state index contributed by atoms with van der Waals surface area (Å²) in [6, 6.07) is 8.32. The van der Waals surface area contributed by atoms with Crippen LogP contribution in [0.1, 0.15) is 24.0 Å². The standard InChI is InChI=1S/C12H13N.ClH/c1-2-8-12(13)9-7-10-5-3-4-6-11(10)12;/h1,3-6H,7-9,13H2;1H/t12-;/m0./s1. The van der Waals surface area contributed by atoms with Gasteiger partial charge < -0.3 is 5.73 Å². The van der Waals surface area contributed by atoms with Crippen LogP contribution in [0.3, 0.4) is 0 Å². The van der Waals surface area contributed by atoms with E-state index in [0.717, 1.165) is 12.8 Å². The lowest BCUT2D eigenvalue weighted by Crippen LogP contribution is -2.33. The predicted octanol–water partition coefficient (Wildman–Crippen LogP) is 2.23. The van der Waals surface area contributed by atoms with Crippen molar-refractivity contribution in [3.8, 4) is 12.3 Å². The number of rotatable bonds is 1. The molecule has 0 spiro atoms. The van der Waals surface area contributed by atoms with Gasteiger partial charge in [-0.1, -0.05) is 24.3 Å². The Bertz CT molecular complexity index is 367. The topological polar surface area (TPSA) is 26.0 Å². The Morgan fingerprint density at radius 3 is 2.86 bits per heavy atom. The Morgan fingerprint density at radius 1 is 1.43 bits per heavy atom. The minimum atomic E-state index is -0.259. The van der Waals surface area contributed by atoms with Crippen LogP contribution >= 0.6 is 12.4 Å². The Hall–Kier alpha value is -0.970. The molecular weight excluding hydrogens is 194 g/mol. The lowest BCUT2D eigenvalue weighted by Gasteiger charge is -2.22. The number of terminal acetylenes is 1. The average Bonchev–Trinajstić information content (AvgIpc) is 2.46. The highest BCUT2D eigenvalue weighted by Gasteiger charge is 2.33. The van der Waals surface area contributed by atoms with Crippen LogP contribution in [0.2, 0.25) is 0 Å². The number of benzene rings is 1. The summed E-state index contributed by atoms with van der Waals surface area (Å²) in [7, 11) is 0. The van der Waals surface area contributed by atoms with Gasteiger partial charge in [-0.25, -0.2) is 0 Å². The number of hydrogen-bond donors (Lipinski definition) is 1. The van der Waals surface area contributed by atoms with Gasteiger partial charge in [0.1, 0.15) is 0 Å². The Balaban J connectivity index is 0.000000980. The second-order valence-electron chi connectivity index (χ2n) is 3.69. The van der Waals surface area contributed by atoms with Crippen LogP contribution in [0.15, 0.2) is 24.3 Å². The maximum absolute atomic E-state index is 6.24. The quantitative estimate of drug-likeness (QED) is 0.703. The summed E-state index contributed by atoms with van der Waals surface area (Å²) in [6.45, 7) is 0. The molecule has 2 N–H and O–H groups in total. The molecule has 0 radical (unpaired) electrons. The van der Waals surface area contributed by atoms with Crippen molar-refractivity contribution in [3.05, 3.63) is 35.4 Å². The lowest BCUT2D eigenvalue weighted by molar-refractivity contribution is 0.454. The number of aryl methyl sites for hydroxylation is 1. The zero-order chi connectivity index (χ0) is 9.31. The van der Waals surface area contributed by atoms with Crippen molar-refractivity contribution in [1.82, 2.24) is 0 Å². The van der Waals surface area contributed by atoms with E-state index in [1.165, 1.54) is 11.1 Å².